The zero-order valence-electron chi connectivity index (χ0n) is 12.0. The first kappa shape index (κ1) is 15.2. The van der Waals surface area contributed by atoms with Gasteiger partial charge in [-0.3, -0.25) is 10.1 Å². The number of methoxy groups -OCH3 is 1. The van der Waals surface area contributed by atoms with Crippen molar-refractivity contribution in [2.45, 2.75) is 25.9 Å². The van der Waals surface area contributed by atoms with Crippen LogP contribution >= 0.6 is 0 Å². The van der Waals surface area contributed by atoms with Gasteiger partial charge < -0.3 is 14.7 Å². The highest BCUT2D eigenvalue weighted by atomic mass is 16.6. The van der Waals surface area contributed by atoms with E-state index < -0.39 is 10.9 Å². The highest BCUT2D eigenvalue weighted by Crippen LogP contribution is 2.32. The van der Waals surface area contributed by atoms with E-state index in [4.69, 9.17) is 9.84 Å². The Bertz CT molecular complexity index is 565. The number of aromatic carboxylic acids is 1. The third-order valence-corrected chi connectivity index (χ3v) is 3.91. The van der Waals surface area contributed by atoms with Crippen LogP contribution in [0.15, 0.2) is 12.1 Å². The summed E-state index contributed by atoms with van der Waals surface area (Å²) in [4.78, 5) is 23.7. The molecule has 7 nitrogen and oxygen atoms in total. The van der Waals surface area contributed by atoms with Crippen LogP contribution in [-0.2, 0) is 4.74 Å². The summed E-state index contributed by atoms with van der Waals surface area (Å²) in [5, 5.41) is 20.2. The summed E-state index contributed by atoms with van der Waals surface area (Å²) in [6.07, 6.45) is 1.83. The molecule has 1 aromatic carbocycles. The smallest absolute Gasteiger partial charge is 0.336 e. The van der Waals surface area contributed by atoms with Gasteiger partial charge in [0.05, 0.1) is 22.2 Å². The van der Waals surface area contributed by atoms with Gasteiger partial charge in [-0.1, -0.05) is 0 Å². The van der Waals surface area contributed by atoms with Gasteiger partial charge in [-0.2, -0.15) is 0 Å². The molecular formula is C14H18N2O5. The molecule has 114 valence electrons. The number of carbonyl (C=O) groups is 1. The molecule has 2 rings (SSSR count). The van der Waals surface area contributed by atoms with Crippen LogP contribution in [0.25, 0.3) is 0 Å². The molecule has 7 heteroatoms. The zero-order chi connectivity index (χ0) is 15.6. The van der Waals surface area contributed by atoms with Gasteiger partial charge in [-0.15, -0.1) is 0 Å². The minimum atomic E-state index is -1.16. The lowest BCUT2D eigenvalue weighted by Gasteiger charge is -2.33. The summed E-state index contributed by atoms with van der Waals surface area (Å²) in [5.74, 6) is -1.16. The van der Waals surface area contributed by atoms with E-state index in [1.165, 1.54) is 6.07 Å². The topological polar surface area (TPSA) is 92.9 Å². The molecule has 0 aromatic heterocycles. The predicted molar refractivity (Wildman–Crippen MR) is 77.0 cm³/mol. The first-order valence-electron chi connectivity index (χ1n) is 6.74. The van der Waals surface area contributed by atoms with E-state index in [0.717, 1.165) is 18.9 Å². The lowest BCUT2D eigenvalue weighted by Crippen LogP contribution is -2.37. The second-order valence-electron chi connectivity index (χ2n) is 5.12. The Labute approximate surface area is 122 Å². The Hall–Kier alpha value is -2.15. The lowest BCUT2D eigenvalue weighted by atomic mass is 10.0. The van der Waals surface area contributed by atoms with E-state index in [0.29, 0.717) is 24.3 Å². The zero-order valence-corrected chi connectivity index (χ0v) is 12.0. The van der Waals surface area contributed by atoms with Gasteiger partial charge in [-0.05, 0) is 25.8 Å². The summed E-state index contributed by atoms with van der Waals surface area (Å²) in [5.41, 5.74) is 0.909. The van der Waals surface area contributed by atoms with Crippen molar-refractivity contribution in [2.75, 3.05) is 25.1 Å². The number of benzene rings is 1. The van der Waals surface area contributed by atoms with Crippen LogP contribution in [0.1, 0.15) is 28.8 Å². The highest BCUT2D eigenvalue weighted by molar-refractivity contribution is 5.90. The maximum Gasteiger partial charge on any atom is 0.336 e. The monoisotopic (exact) mass is 294 g/mol. The third kappa shape index (κ3) is 3.13. The van der Waals surface area contributed by atoms with E-state index in [1.807, 2.05) is 4.90 Å². The highest BCUT2D eigenvalue weighted by Gasteiger charge is 2.25. The number of ether oxygens (including phenoxy) is 1. The molecular weight excluding hydrogens is 276 g/mol. The number of nitrogens with zero attached hydrogens (tertiary/aromatic N) is 2. The standard InChI is InChI=1S/C14H18N2O5/c1-9-12(15-5-3-11(21-2)4-6-15)7-10(14(17)18)8-13(9)16(19)20/h7-8,11H,3-6H2,1-2H3,(H,17,18). The molecule has 0 spiro atoms. The van der Waals surface area contributed by atoms with E-state index in [9.17, 15) is 14.9 Å². The first-order valence-corrected chi connectivity index (χ1v) is 6.74. The minimum Gasteiger partial charge on any atom is -0.478 e. The Morgan fingerprint density at radius 1 is 1.43 bits per heavy atom. The van der Waals surface area contributed by atoms with Gasteiger partial charge in [0.25, 0.3) is 5.69 Å². The van der Waals surface area contributed by atoms with Crippen molar-refractivity contribution in [1.29, 1.82) is 0 Å². The van der Waals surface area contributed by atoms with Crippen molar-refractivity contribution in [3.8, 4) is 0 Å². The molecule has 0 saturated carbocycles. The summed E-state index contributed by atoms with van der Waals surface area (Å²) in [6.45, 7) is 3.04. The minimum absolute atomic E-state index is 0.0591. The molecule has 1 aromatic rings. The van der Waals surface area contributed by atoms with E-state index >= 15 is 0 Å². The Morgan fingerprint density at radius 2 is 2.05 bits per heavy atom. The molecule has 1 aliphatic heterocycles. The normalized spacial score (nSPS) is 16.0. The quantitative estimate of drug-likeness (QED) is 0.676. The van der Waals surface area contributed by atoms with E-state index in [-0.39, 0.29) is 17.4 Å². The molecule has 0 radical (unpaired) electrons. The second-order valence-corrected chi connectivity index (χ2v) is 5.12. The van der Waals surface area contributed by atoms with Crippen molar-refractivity contribution < 1.29 is 19.6 Å². The van der Waals surface area contributed by atoms with Crippen molar-refractivity contribution in [2.24, 2.45) is 0 Å². The fraction of sp³-hybridized carbons (Fsp3) is 0.500. The summed E-state index contributed by atoms with van der Waals surface area (Å²) in [7, 11) is 1.67. The van der Waals surface area contributed by atoms with E-state index in [1.54, 1.807) is 14.0 Å². The average Bonchev–Trinajstić information content (AvgIpc) is 2.47. The largest absolute Gasteiger partial charge is 0.478 e. The number of hydrogen-bond acceptors (Lipinski definition) is 5. The molecule has 1 heterocycles. The molecule has 1 aliphatic rings. The molecule has 0 unspecified atom stereocenters. The number of piperidine rings is 1. The maximum atomic E-state index is 11.2. The van der Waals surface area contributed by atoms with Crippen LogP contribution in [0, 0.1) is 17.0 Å². The van der Waals surface area contributed by atoms with Crippen molar-refractivity contribution in [3.05, 3.63) is 33.4 Å². The van der Waals surface area contributed by atoms with Crippen LogP contribution in [0.2, 0.25) is 0 Å². The van der Waals surface area contributed by atoms with Gasteiger partial charge in [-0.25, -0.2) is 4.79 Å². The van der Waals surface area contributed by atoms with Crippen LogP contribution in [-0.4, -0.2) is 42.3 Å². The van der Waals surface area contributed by atoms with Gasteiger partial charge >= 0.3 is 5.97 Å². The van der Waals surface area contributed by atoms with Crippen LogP contribution in [0.4, 0.5) is 11.4 Å². The SMILES string of the molecule is COC1CCN(c2cc(C(=O)O)cc([N+](=O)[O-])c2C)CC1. The average molecular weight is 294 g/mol. The molecule has 21 heavy (non-hydrogen) atoms. The molecule has 1 saturated heterocycles. The number of carboxylic acids is 1. The molecule has 0 atom stereocenters. The van der Waals surface area contributed by atoms with Crippen LogP contribution < -0.4 is 4.90 Å². The first-order chi connectivity index (χ1) is 9.93. The van der Waals surface area contributed by atoms with Gasteiger partial charge in [0.1, 0.15) is 0 Å². The van der Waals surface area contributed by atoms with E-state index in [2.05, 4.69) is 0 Å². The van der Waals surface area contributed by atoms with Crippen molar-refractivity contribution in [3.63, 3.8) is 0 Å². The summed E-state index contributed by atoms with van der Waals surface area (Å²) in [6, 6.07) is 2.63. The van der Waals surface area contributed by atoms with Crippen molar-refractivity contribution in [1.82, 2.24) is 0 Å². The molecule has 0 bridgehead atoms. The molecule has 0 amide bonds. The second kappa shape index (κ2) is 6.09. The fourth-order valence-corrected chi connectivity index (χ4v) is 2.66. The summed E-state index contributed by atoms with van der Waals surface area (Å²) < 4.78 is 5.30. The van der Waals surface area contributed by atoms with Crippen LogP contribution in [0.5, 0.6) is 0 Å². The number of nitro benzene ring substituents is 1. The predicted octanol–water partition coefficient (Wildman–Crippen LogP) is 2.22. The number of nitro groups is 1. The molecule has 1 N–H and O–H groups in total. The van der Waals surface area contributed by atoms with Gasteiger partial charge in [0, 0.05) is 32.0 Å². The summed E-state index contributed by atoms with van der Waals surface area (Å²) >= 11 is 0. The maximum absolute atomic E-state index is 11.2. The Morgan fingerprint density at radius 3 is 2.52 bits per heavy atom. The number of carboxylic acid groups (broad SMARTS) is 1. The van der Waals surface area contributed by atoms with Gasteiger partial charge in [0.15, 0.2) is 0 Å². The molecule has 1 fully saturated rings. The van der Waals surface area contributed by atoms with Crippen molar-refractivity contribution >= 4 is 17.3 Å². The Balaban J connectivity index is 2.38. The number of hydrogen-bond donors (Lipinski definition) is 1. The number of anilines is 1. The molecule has 0 aliphatic carbocycles. The fourth-order valence-electron chi connectivity index (χ4n) is 2.66. The van der Waals surface area contributed by atoms with Crippen LogP contribution in [0.3, 0.4) is 0 Å². The Kier molecular flexibility index (Phi) is 4.42. The number of rotatable bonds is 4. The third-order valence-electron chi connectivity index (χ3n) is 3.91. The van der Waals surface area contributed by atoms with Gasteiger partial charge in [0.2, 0.25) is 0 Å². The lowest BCUT2D eigenvalue weighted by molar-refractivity contribution is -0.385.